The third-order valence-corrected chi connectivity index (χ3v) is 4.60. The van der Waals surface area contributed by atoms with E-state index in [9.17, 15) is 4.79 Å². The lowest BCUT2D eigenvalue weighted by Gasteiger charge is -2.25. The first-order valence-corrected chi connectivity index (χ1v) is 8.53. The largest absolute Gasteiger partial charge is 0.497 e. The number of carbonyl (C=O) groups is 1. The molecule has 128 valence electrons. The molecule has 25 heavy (non-hydrogen) atoms. The van der Waals surface area contributed by atoms with Gasteiger partial charge in [-0.3, -0.25) is 9.78 Å². The molecule has 0 unspecified atom stereocenters. The average Bonchev–Trinajstić information content (AvgIpc) is 3.12. The van der Waals surface area contributed by atoms with Crippen LogP contribution in [0.2, 0.25) is 0 Å². The van der Waals surface area contributed by atoms with Gasteiger partial charge in [0.1, 0.15) is 17.1 Å². The number of nitrogens with zero attached hydrogens (tertiary/aromatic N) is 4. The average molecular weight is 336 g/mol. The van der Waals surface area contributed by atoms with Gasteiger partial charge in [-0.2, -0.15) is 0 Å². The smallest absolute Gasteiger partial charge is 0.274 e. The maximum Gasteiger partial charge on any atom is 0.274 e. The molecule has 0 bridgehead atoms. The van der Waals surface area contributed by atoms with Crippen LogP contribution in [0, 0.1) is 0 Å². The van der Waals surface area contributed by atoms with Gasteiger partial charge in [-0.1, -0.05) is 0 Å². The third-order valence-electron chi connectivity index (χ3n) is 4.60. The zero-order valence-corrected chi connectivity index (χ0v) is 14.2. The first kappa shape index (κ1) is 15.6. The minimum atomic E-state index is 0.00378. The van der Waals surface area contributed by atoms with Gasteiger partial charge >= 0.3 is 0 Å². The number of amides is 1. The van der Waals surface area contributed by atoms with Crippen molar-refractivity contribution in [1.29, 1.82) is 0 Å². The molecule has 0 atom stereocenters. The van der Waals surface area contributed by atoms with Crippen LogP contribution in [0.1, 0.15) is 29.8 Å². The van der Waals surface area contributed by atoms with Crippen LogP contribution in [0.15, 0.2) is 42.9 Å². The van der Waals surface area contributed by atoms with E-state index in [0.29, 0.717) is 11.3 Å². The van der Waals surface area contributed by atoms with E-state index < -0.39 is 0 Å². The predicted octanol–water partition coefficient (Wildman–Crippen LogP) is 3.03. The molecule has 0 aliphatic carbocycles. The lowest BCUT2D eigenvalue weighted by atomic mass is 10.1. The number of imidazole rings is 1. The zero-order chi connectivity index (χ0) is 17.2. The number of methoxy groups -OCH3 is 1. The molecule has 1 aromatic carbocycles. The van der Waals surface area contributed by atoms with E-state index in [1.165, 1.54) is 6.42 Å². The van der Waals surface area contributed by atoms with Gasteiger partial charge in [0.05, 0.1) is 7.11 Å². The monoisotopic (exact) mass is 336 g/mol. The number of ether oxygens (including phenoxy) is 1. The van der Waals surface area contributed by atoms with Gasteiger partial charge in [0.25, 0.3) is 5.91 Å². The summed E-state index contributed by atoms with van der Waals surface area (Å²) < 4.78 is 7.07. The Balaban J connectivity index is 1.71. The minimum absolute atomic E-state index is 0.00378. The van der Waals surface area contributed by atoms with Crippen LogP contribution in [0.25, 0.3) is 16.9 Å². The third kappa shape index (κ3) is 2.95. The molecule has 0 radical (unpaired) electrons. The van der Waals surface area contributed by atoms with Crippen molar-refractivity contribution in [2.75, 3.05) is 20.2 Å². The highest BCUT2D eigenvalue weighted by atomic mass is 16.5. The van der Waals surface area contributed by atoms with Gasteiger partial charge < -0.3 is 14.0 Å². The van der Waals surface area contributed by atoms with E-state index in [1.54, 1.807) is 19.5 Å². The van der Waals surface area contributed by atoms with Crippen molar-refractivity contribution in [3.63, 3.8) is 0 Å². The van der Waals surface area contributed by atoms with E-state index in [1.807, 2.05) is 39.8 Å². The van der Waals surface area contributed by atoms with Crippen molar-refractivity contribution in [1.82, 2.24) is 19.3 Å². The SMILES string of the molecule is COc1ccc(-c2nccn3cc(C(=O)N4CCCCC4)nc23)cc1. The summed E-state index contributed by atoms with van der Waals surface area (Å²) in [6.07, 6.45) is 8.67. The van der Waals surface area contributed by atoms with Gasteiger partial charge in [0.2, 0.25) is 0 Å². The molecule has 1 aliphatic rings. The number of aromatic nitrogens is 3. The van der Waals surface area contributed by atoms with E-state index in [4.69, 9.17) is 4.74 Å². The number of benzene rings is 1. The van der Waals surface area contributed by atoms with Crippen LogP contribution in [0.3, 0.4) is 0 Å². The fourth-order valence-electron chi connectivity index (χ4n) is 3.23. The summed E-state index contributed by atoms with van der Waals surface area (Å²) in [7, 11) is 1.64. The van der Waals surface area contributed by atoms with Crippen molar-refractivity contribution < 1.29 is 9.53 Å². The summed E-state index contributed by atoms with van der Waals surface area (Å²) in [5.41, 5.74) is 2.86. The highest BCUT2D eigenvalue weighted by Crippen LogP contribution is 2.24. The fourth-order valence-corrected chi connectivity index (χ4v) is 3.23. The quantitative estimate of drug-likeness (QED) is 0.738. The number of fused-ring (bicyclic) bond motifs is 1. The summed E-state index contributed by atoms with van der Waals surface area (Å²) >= 11 is 0. The molecule has 1 fully saturated rings. The summed E-state index contributed by atoms with van der Waals surface area (Å²) in [4.78, 5) is 23.7. The molecular weight excluding hydrogens is 316 g/mol. The Bertz CT molecular complexity index is 895. The van der Waals surface area contributed by atoms with E-state index in [-0.39, 0.29) is 5.91 Å². The normalized spacial score (nSPS) is 14.7. The predicted molar refractivity (Wildman–Crippen MR) is 94.7 cm³/mol. The number of likely N-dealkylation sites (tertiary alicyclic amines) is 1. The second kappa shape index (κ2) is 6.55. The number of rotatable bonds is 3. The van der Waals surface area contributed by atoms with Crippen molar-refractivity contribution in [3.05, 3.63) is 48.5 Å². The Labute approximate surface area is 146 Å². The molecule has 0 N–H and O–H groups in total. The Kier molecular flexibility index (Phi) is 4.09. The topological polar surface area (TPSA) is 59.7 Å². The van der Waals surface area contributed by atoms with Crippen molar-refractivity contribution in [2.45, 2.75) is 19.3 Å². The van der Waals surface area contributed by atoms with Gasteiger partial charge in [-0.15, -0.1) is 0 Å². The molecular formula is C19H20N4O2. The number of hydrogen-bond acceptors (Lipinski definition) is 4. The number of hydrogen-bond donors (Lipinski definition) is 0. The molecule has 6 nitrogen and oxygen atoms in total. The molecule has 1 aliphatic heterocycles. The summed E-state index contributed by atoms with van der Waals surface area (Å²) in [5, 5.41) is 0. The molecule has 3 aromatic rings. The highest BCUT2D eigenvalue weighted by molar-refractivity contribution is 5.93. The van der Waals surface area contributed by atoms with Crippen LogP contribution in [-0.2, 0) is 0 Å². The Morgan fingerprint density at radius 3 is 2.60 bits per heavy atom. The second-order valence-electron chi connectivity index (χ2n) is 6.21. The van der Waals surface area contributed by atoms with Crippen molar-refractivity contribution in [2.24, 2.45) is 0 Å². The van der Waals surface area contributed by atoms with Gasteiger partial charge in [-0.25, -0.2) is 4.98 Å². The van der Waals surface area contributed by atoms with E-state index >= 15 is 0 Å². The maximum atomic E-state index is 12.7. The molecule has 4 rings (SSSR count). The highest BCUT2D eigenvalue weighted by Gasteiger charge is 2.21. The fraction of sp³-hybridized carbons (Fsp3) is 0.316. The molecule has 1 amide bonds. The number of carbonyl (C=O) groups excluding carboxylic acids is 1. The summed E-state index contributed by atoms with van der Waals surface area (Å²) in [6, 6.07) is 7.68. The van der Waals surface area contributed by atoms with Gasteiger partial charge in [-0.05, 0) is 43.5 Å². The molecule has 1 saturated heterocycles. The van der Waals surface area contributed by atoms with Crippen LogP contribution >= 0.6 is 0 Å². The molecule has 6 heteroatoms. The second-order valence-corrected chi connectivity index (χ2v) is 6.21. The zero-order valence-electron chi connectivity index (χ0n) is 14.2. The molecule has 0 spiro atoms. The molecule has 2 aromatic heterocycles. The Hall–Kier alpha value is -2.89. The first-order valence-electron chi connectivity index (χ1n) is 8.53. The van der Waals surface area contributed by atoms with Crippen molar-refractivity contribution >= 4 is 11.6 Å². The summed E-state index contributed by atoms with van der Waals surface area (Å²) in [5.74, 6) is 0.795. The van der Waals surface area contributed by atoms with Gasteiger partial charge in [0, 0.05) is 37.2 Å². The minimum Gasteiger partial charge on any atom is -0.497 e. The number of piperidine rings is 1. The standard InChI is InChI=1S/C19H20N4O2/c1-25-15-7-5-14(6-8-15)17-18-21-16(13-23(18)12-9-20-17)19(24)22-10-3-2-4-11-22/h5-9,12-13H,2-4,10-11H2,1H3. The van der Waals surface area contributed by atoms with Gasteiger partial charge in [0.15, 0.2) is 5.65 Å². The van der Waals surface area contributed by atoms with Crippen LogP contribution in [0.5, 0.6) is 5.75 Å². The Morgan fingerprint density at radius 1 is 1.12 bits per heavy atom. The summed E-state index contributed by atoms with van der Waals surface area (Å²) in [6.45, 7) is 1.63. The maximum absolute atomic E-state index is 12.7. The first-order chi connectivity index (χ1) is 12.3. The molecule has 0 saturated carbocycles. The van der Waals surface area contributed by atoms with E-state index in [0.717, 1.165) is 42.9 Å². The molecule has 3 heterocycles. The lowest BCUT2D eigenvalue weighted by Crippen LogP contribution is -2.35. The van der Waals surface area contributed by atoms with Crippen molar-refractivity contribution in [3.8, 4) is 17.0 Å². The van der Waals surface area contributed by atoms with Crippen LogP contribution in [-0.4, -0.2) is 45.4 Å². The van der Waals surface area contributed by atoms with Crippen LogP contribution in [0.4, 0.5) is 0 Å². The Morgan fingerprint density at radius 2 is 1.88 bits per heavy atom. The van der Waals surface area contributed by atoms with Crippen LogP contribution < -0.4 is 4.74 Å². The lowest BCUT2D eigenvalue weighted by molar-refractivity contribution is 0.0719. The van der Waals surface area contributed by atoms with E-state index in [2.05, 4.69) is 9.97 Å².